The molecule has 5 heteroatoms. The van der Waals surface area contributed by atoms with Crippen LogP contribution in [0.1, 0.15) is 60.2 Å². The minimum Gasteiger partial charge on any atom is -0.339 e. The van der Waals surface area contributed by atoms with Crippen LogP contribution in [-0.4, -0.2) is 61.4 Å². The van der Waals surface area contributed by atoms with Crippen LogP contribution in [0.25, 0.3) is 0 Å². The smallest absolute Gasteiger partial charge is 0.253 e. The topological polar surface area (TPSA) is 52.7 Å². The van der Waals surface area contributed by atoms with E-state index in [-0.39, 0.29) is 11.8 Å². The van der Waals surface area contributed by atoms with E-state index in [1.807, 2.05) is 35.0 Å². The van der Waals surface area contributed by atoms with Gasteiger partial charge in [0.15, 0.2) is 0 Å². The summed E-state index contributed by atoms with van der Waals surface area (Å²) >= 11 is 0. The Bertz CT molecular complexity index is 595. The van der Waals surface area contributed by atoms with Crippen LogP contribution < -0.4 is 5.32 Å². The molecule has 1 aliphatic rings. The molecule has 1 fully saturated rings. The Morgan fingerprint density at radius 3 is 2.54 bits per heavy atom. The molecule has 0 saturated carbocycles. The number of piperidine rings is 1. The average Bonchev–Trinajstić information content (AvgIpc) is 2.67. The Morgan fingerprint density at radius 1 is 1.19 bits per heavy atom. The molecule has 1 N–H and O–H groups in total. The molecule has 0 bridgehead atoms. The third-order valence-electron chi connectivity index (χ3n) is 4.93. The third-order valence-corrected chi connectivity index (χ3v) is 4.93. The highest BCUT2D eigenvalue weighted by Gasteiger charge is 2.25. The zero-order valence-electron chi connectivity index (χ0n) is 16.5. The molecule has 1 atom stereocenters. The van der Waals surface area contributed by atoms with E-state index in [0.29, 0.717) is 17.0 Å². The summed E-state index contributed by atoms with van der Waals surface area (Å²) in [6.07, 6.45) is 4.07. The van der Waals surface area contributed by atoms with Crippen molar-refractivity contribution >= 4 is 11.8 Å². The highest BCUT2D eigenvalue weighted by molar-refractivity contribution is 5.99. The molecule has 2 rings (SSSR count). The van der Waals surface area contributed by atoms with E-state index in [4.69, 9.17) is 0 Å². The fourth-order valence-electron chi connectivity index (χ4n) is 3.71. The Labute approximate surface area is 157 Å². The summed E-state index contributed by atoms with van der Waals surface area (Å²) in [5.74, 6) is 0.570. The molecule has 26 heavy (non-hydrogen) atoms. The predicted molar refractivity (Wildman–Crippen MR) is 105 cm³/mol. The summed E-state index contributed by atoms with van der Waals surface area (Å²) in [5, 5.41) is 3.21. The van der Waals surface area contributed by atoms with Crippen molar-refractivity contribution in [1.82, 2.24) is 15.1 Å². The van der Waals surface area contributed by atoms with Crippen molar-refractivity contribution in [3.8, 4) is 0 Å². The second-order valence-corrected chi connectivity index (χ2v) is 7.19. The zero-order valence-corrected chi connectivity index (χ0v) is 16.5. The summed E-state index contributed by atoms with van der Waals surface area (Å²) in [6.45, 7) is 8.18. The van der Waals surface area contributed by atoms with E-state index in [1.165, 1.54) is 0 Å². The van der Waals surface area contributed by atoms with Gasteiger partial charge in [0, 0.05) is 37.3 Å². The van der Waals surface area contributed by atoms with E-state index in [0.717, 1.165) is 58.4 Å². The third kappa shape index (κ3) is 5.31. The van der Waals surface area contributed by atoms with Crippen molar-refractivity contribution in [1.29, 1.82) is 0 Å². The Kier molecular flexibility index (Phi) is 8.10. The van der Waals surface area contributed by atoms with Crippen LogP contribution in [0, 0.1) is 5.92 Å². The molecule has 1 aliphatic heterocycles. The lowest BCUT2D eigenvalue weighted by molar-refractivity contribution is 0.0674. The number of nitrogens with one attached hydrogen (secondary N) is 1. The van der Waals surface area contributed by atoms with Crippen LogP contribution in [0.15, 0.2) is 24.3 Å². The van der Waals surface area contributed by atoms with Gasteiger partial charge in [-0.15, -0.1) is 0 Å². The second kappa shape index (κ2) is 10.3. The molecule has 1 aromatic carbocycles. The van der Waals surface area contributed by atoms with E-state index in [2.05, 4.69) is 19.2 Å². The van der Waals surface area contributed by atoms with Crippen molar-refractivity contribution in [2.24, 2.45) is 5.92 Å². The lowest BCUT2D eigenvalue weighted by Crippen LogP contribution is -2.42. The number of benzene rings is 1. The summed E-state index contributed by atoms with van der Waals surface area (Å²) in [5.41, 5.74) is 1.23. The molecule has 0 spiro atoms. The first-order chi connectivity index (χ1) is 12.6. The summed E-state index contributed by atoms with van der Waals surface area (Å²) < 4.78 is 0. The van der Waals surface area contributed by atoms with Gasteiger partial charge in [0.25, 0.3) is 11.8 Å². The van der Waals surface area contributed by atoms with E-state index >= 15 is 0 Å². The van der Waals surface area contributed by atoms with Gasteiger partial charge in [-0.2, -0.15) is 0 Å². The molecule has 1 heterocycles. The lowest BCUT2D eigenvalue weighted by Gasteiger charge is -2.33. The number of amides is 2. The summed E-state index contributed by atoms with van der Waals surface area (Å²) in [4.78, 5) is 29.5. The largest absolute Gasteiger partial charge is 0.339 e. The molecule has 1 saturated heterocycles. The first-order valence-corrected chi connectivity index (χ1v) is 9.93. The molecule has 5 nitrogen and oxygen atoms in total. The quantitative estimate of drug-likeness (QED) is 0.776. The first-order valence-electron chi connectivity index (χ1n) is 9.93. The Hall–Kier alpha value is -1.88. The van der Waals surface area contributed by atoms with Crippen molar-refractivity contribution < 1.29 is 9.59 Å². The number of hydrogen-bond acceptors (Lipinski definition) is 3. The van der Waals surface area contributed by atoms with Gasteiger partial charge in [-0.25, -0.2) is 0 Å². The van der Waals surface area contributed by atoms with Gasteiger partial charge in [0.2, 0.25) is 0 Å². The average molecular weight is 360 g/mol. The number of nitrogens with zero attached hydrogens (tertiary/aromatic N) is 2. The highest BCUT2D eigenvalue weighted by Crippen LogP contribution is 2.19. The molecule has 2 amide bonds. The van der Waals surface area contributed by atoms with Gasteiger partial charge < -0.3 is 15.1 Å². The van der Waals surface area contributed by atoms with Crippen LogP contribution in [0.4, 0.5) is 0 Å². The highest BCUT2D eigenvalue weighted by atomic mass is 16.2. The monoisotopic (exact) mass is 359 g/mol. The molecule has 0 aliphatic carbocycles. The number of likely N-dealkylation sites (tertiary alicyclic amines) is 1. The van der Waals surface area contributed by atoms with Crippen LogP contribution in [0.5, 0.6) is 0 Å². The Balaban J connectivity index is 2.12. The van der Waals surface area contributed by atoms with Crippen LogP contribution >= 0.6 is 0 Å². The predicted octanol–water partition coefficient (Wildman–Crippen LogP) is 3.02. The number of hydrogen-bond donors (Lipinski definition) is 1. The van der Waals surface area contributed by atoms with Crippen molar-refractivity contribution in [2.75, 3.05) is 39.8 Å². The Morgan fingerprint density at radius 2 is 1.88 bits per heavy atom. The van der Waals surface area contributed by atoms with Gasteiger partial charge in [-0.3, -0.25) is 9.59 Å². The van der Waals surface area contributed by atoms with Crippen molar-refractivity contribution in [2.45, 2.75) is 39.5 Å². The van der Waals surface area contributed by atoms with Gasteiger partial charge in [0.05, 0.1) is 0 Å². The van der Waals surface area contributed by atoms with Crippen LogP contribution in [0.2, 0.25) is 0 Å². The SMILES string of the molecule is CCCN(CCC)C(=O)c1cccc(C(=O)N2CCCC(CNC)C2)c1. The van der Waals surface area contributed by atoms with E-state index < -0.39 is 0 Å². The van der Waals surface area contributed by atoms with Crippen LogP contribution in [0.3, 0.4) is 0 Å². The second-order valence-electron chi connectivity index (χ2n) is 7.19. The van der Waals surface area contributed by atoms with Crippen molar-refractivity contribution in [3.63, 3.8) is 0 Å². The number of carbonyl (C=O) groups excluding carboxylic acids is 2. The van der Waals surface area contributed by atoms with Gasteiger partial charge >= 0.3 is 0 Å². The van der Waals surface area contributed by atoms with Crippen molar-refractivity contribution in [3.05, 3.63) is 35.4 Å². The normalized spacial score (nSPS) is 17.2. The lowest BCUT2D eigenvalue weighted by atomic mass is 9.97. The summed E-state index contributed by atoms with van der Waals surface area (Å²) in [7, 11) is 1.95. The first kappa shape index (κ1) is 20.4. The van der Waals surface area contributed by atoms with E-state index in [1.54, 1.807) is 6.07 Å². The fourth-order valence-corrected chi connectivity index (χ4v) is 3.71. The maximum Gasteiger partial charge on any atom is 0.253 e. The van der Waals surface area contributed by atoms with Gasteiger partial charge in [-0.1, -0.05) is 19.9 Å². The maximum atomic E-state index is 12.9. The molecular formula is C21H33N3O2. The van der Waals surface area contributed by atoms with Gasteiger partial charge in [-0.05, 0) is 63.4 Å². The van der Waals surface area contributed by atoms with E-state index in [9.17, 15) is 9.59 Å². The molecule has 144 valence electrons. The van der Waals surface area contributed by atoms with Crippen LogP contribution in [-0.2, 0) is 0 Å². The molecule has 0 radical (unpaired) electrons. The number of carbonyl (C=O) groups is 2. The zero-order chi connectivity index (χ0) is 18.9. The minimum atomic E-state index is 0.0232. The number of rotatable bonds is 8. The molecule has 1 aromatic rings. The standard InChI is InChI=1S/C21H33N3O2/c1-4-11-23(12-5-2)20(25)18-9-6-10-19(14-18)21(26)24-13-7-8-17(16-24)15-22-3/h6,9-10,14,17,22H,4-5,7-8,11-13,15-16H2,1-3H3. The van der Waals surface area contributed by atoms with Gasteiger partial charge in [0.1, 0.15) is 0 Å². The minimum absolute atomic E-state index is 0.0232. The molecular weight excluding hydrogens is 326 g/mol. The molecule has 0 aromatic heterocycles. The maximum absolute atomic E-state index is 12.9. The fraction of sp³-hybridized carbons (Fsp3) is 0.619. The molecule has 1 unspecified atom stereocenters. The summed E-state index contributed by atoms with van der Waals surface area (Å²) in [6, 6.07) is 7.23.